The number of unbranched alkanes of at least 4 members (excludes halogenated alkanes) is 2. The summed E-state index contributed by atoms with van der Waals surface area (Å²) in [5.74, 6) is 0.224. The molecule has 1 amide bonds. The summed E-state index contributed by atoms with van der Waals surface area (Å²) >= 11 is 0. The molecule has 10 nitrogen and oxygen atoms in total. The number of carbonyl (C=O) groups excluding carboxylic acids is 1. The highest BCUT2D eigenvalue weighted by atomic mass is 16.7. The second kappa shape index (κ2) is 14.1. The lowest BCUT2D eigenvalue weighted by molar-refractivity contribution is -0.870. The van der Waals surface area contributed by atoms with Crippen LogP contribution in [0, 0.1) is 5.92 Å². The highest BCUT2D eigenvalue weighted by molar-refractivity contribution is 5.79. The second-order valence-corrected chi connectivity index (χ2v) is 12.2. The first-order valence-corrected chi connectivity index (χ1v) is 14.9. The van der Waals surface area contributed by atoms with E-state index in [1.807, 2.05) is 23.1 Å². The number of rotatable bonds is 15. The summed E-state index contributed by atoms with van der Waals surface area (Å²) in [6, 6.07) is 7.11. The van der Waals surface area contributed by atoms with E-state index in [1.54, 1.807) is 18.5 Å². The van der Waals surface area contributed by atoms with Crippen LogP contribution in [0.4, 0.5) is 0 Å². The molecule has 2 aromatic rings. The molecule has 1 fully saturated rings. The van der Waals surface area contributed by atoms with Crippen LogP contribution in [-0.2, 0) is 16.0 Å². The fourth-order valence-electron chi connectivity index (χ4n) is 5.94. The number of amides is 1. The summed E-state index contributed by atoms with van der Waals surface area (Å²) < 4.78 is 12.0. The highest BCUT2D eigenvalue weighted by Crippen LogP contribution is 2.43. The van der Waals surface area contributed by atoms with Gasteiger partial charge in [0.1, 0.15) is 5.82 Å². The number of likely N-dealkylation sites (tertiary alicyclic amines) is 1. The van der Waals surface area contributed by atoms with Gasteiger partial charge in [-0.15, -0.1) is 0 Å². The van der Waals surface area contributed by atoms with Crippen LogP contribution in [0.5, 0.6) is 11.5 Å². The van der Waals surface area contributed by atoms with Gasteiger partial charge in [0, 0.05) is 50.4 Å². The zero-order valence-corrected chi connectivity index (χ0v) is 25.0. The van der Waals surface area contributed by atoms with Crippen LogP contribution in [0.3, 0.4) is 0 Å². The quantitative estimate of drug-likeness (QED) is 0.258. The van der Waals surface area contributed by atoms with Gasteiger partial charge in [0.05, 0.1) is 40.2 Å². The molecule has 224 valence electrons. The monoisotopic (exact) mass is 568 g/mol. The summed E-state index contributed by atoms with van der Waals surface area (Å²) in [6.45, 7) is 5.48. The number of carboxylic acids is 1. The number of aliphatic carboxylic acids is 1. The Morgan fingerprint density at radius 2 is 1.80 bits per heavy atom. The van der Waals surface area contributed by atoms with E-state index in [2.05, 4.69) is 42.9 Å². The molecule has 0 bridgehead atoms. The Balaban J connectivity index is 1.54. The fourth-order valence-corrected chi connectivity index (χ4v) is 5.94. The Morgan fingerprint density at radius 1 is 1.07 bits per heavy atom. The van der Waals surface area contributed by atoms with E-state index in [1.165, 1.54) is 0 Å². The molecule has 1 saturated heterocycles. The molecule has 2 aliphatic heterocycles. The first-order chi connectivity index (χ1) is 19.7. The predicted octanol–water partition coefficient (Wildman–Crippen LogP) is 3.42. The molecule has 10 heteroatoms. The summed E-state index contributed by atoms with van der Waals surface area (Å²) in [5.41, 5.74) is 0.890. The van der Waals surface area contributed by atoms with Gasteiger partial charge >= 0.3 is 5.97 Å². The van der Waals surface area contributed by atoms with Gasteiger partial charge in [0.25, 0.3) is 0 Å². The van der Waals surface area contributed by atoms with Gasteiger partial charge in [-0.25, -0.2) is 9.97 Å². The number of quaternary nitrogens is 1. The van der Waals surface area contributed by atoms with Crippen LogP contribution in [0.1, 0.15) is 56.3 Å². The molecule has 1 aromatic carbocycles. The maximum absolute atomic E-state index is 13.8. The van der Waals surface area contributed by atoms with Crippen LogP contribution in [0.15, 0.2) is 36.7 Å². The van der Waals surface area contributed by atoms with Crippen molar-refractivity contribution in [3.05, 3.63) is 48.0 Å². The van der Waals surface area contributed by atoms with Gasteiger partial charge in [-0.1, -0.05) is 19.4 Å². The normalized spacial score (nSPS) is 20.3. The molecule has 1 N–H and O–H groups in total. The lowest BCUT2D eigenvalue weighted by atomic mass is 9.83. The molecule has 1 aromatic heterocycles. The second-order valence-electron chi connectivity index (χ2n) is 12.2. The summed E-state index contributed by atoms with van der Waals surface area (Å²) in [4.78, 5) is 39.3. The molecule has 3 atom stereocenters. The number of carboxylic acid groups (broad SMARTS) is 1. The predicted molar refractivity (Wildman–Crippen MR) is 156 cm³/mol. The number of hydrogen-bond donors (Lipinski definition) is 1. The minimum Gasteiger partial charge on any atom is -0.481 e. The molecular weight excluding hydrogens is 522 g/mol. The first-order valence-electron chi connectivity index (χ1n) is 14.9. The van der Waals surface area contributed by atoms with Gasteiger partial charge in [0.15, 0.2) is 11.5 Å². The van der Waals surface area contributed by atoms with Crippen molar-refractivity contribution in [1.82, 2.24) is 19.8 Å². The van der Waals surface area contributed by atoms with E-state index < -0.39 is 11.9 Å². The number of nitrogens with zero attached hydrogens (tertiary/aromatic N) is 5. The van der Waals surface area contributed by atoms with E-state index in [9.17, 15) is 14.7 Å². The van der Waals surface area contributed by atoms with Crippen molar-refractivity contribution in [2.24, 2.45) is 5.92 Å². The van der Waals surface area contributed by atoms with E-state index in [-0.39, 0.29) is 31.2 Å². The Labute approximate surface area is 243 Å². The van der Waals surface area contributed by atoms with E-state index in [0.29, 0.717) is 36.7 Å². The van der Waals surface area contributed by atoms with Crippen molar-refractivity contribution in [1.29, 1.82) is 0 Å². The zero-order valence-electron chi connectivity index (χ0n) is 25.0. The molecular formula is C31H46N5O5+. The molecule has 0 spiro atoms. The number of fused-ring (bicyclic) bond motifs is 1. The lowest BCUT2D eigenvalue weighted by Gasteiger charge is -2.30. The Kier molecular flexibility index (Phi) is 10.6. The largest absolute Gasteiger partial charge is 0.481 e. The van der Waals surface area contributed by atoms with E-state index >= 15 is 0 Å². The molecule has 3 heterocycles. The Bertz CT molecular complexity index is 1160. The maximum atomic E-state index is 13.8. The zero-order chi connectivity index (χ0) is 29.4. The standard InChI is InChI=1S/C31H45N5O5/c1-5-6-16-34(17-7-8-18-36(2,3)4)29(37)21-35-20-24(23-10-12-26-27(19-23)41-22-40-26)30(31(38)39)25(35)11-13-28-32-14-9-15-33-28/h9-10,12,14-15,19,24-25,30H,5-8,11,13,16-18,20-22H2,1-4H3/p+1/t24-,25+,30?/m1/s1. The van der Waals surface area contributed by atoms with Crippen LogP contribution >= 0.6 is 0 Å². The molecule has 4 rings (SSSR count). The Hall–Kier alpha value is -3.24. The first kappa shape index (κ1) is 30.7. The molecule has 2 aliphatic rings. The van der Waals surface area contributed by atoms with Gasteiger partial charge in [-0.2, -0.15) is 0 Å². The number of hydrogen-bond acceptors (Lipinski definition) is 7. The van der Waals surface area contributed by atoms with Crippen LogP contribution in [0.2, 0.25) is 0 Å². The summed E-state index contributed by atoms with van der Waals surface area (Å²) in [5, 5.41) is 10.5. The van der Waals surface area contributed by atoms with Crippen molar-refractivity contribution in [2.75, 3.05) is 60.7 Å². The number of ether oxygens (including phenoxy) is 2. The average molecular weight is 569 g/mol. The van der Waals surface area contributed by atoms with Crippen LogP contribution < -0.4 is 9.47 Å². The lowest BCUT2D eigenvalue weighted by Crippen LogP contribution is -2.45. The fraction of sp³-hybridized carbons (Fsp3) is 0.613. The molecule has 0 aliphatic carbocycles. The molecule has 1 unspecified atom stereocenters. The van der Waals surface area contributed by atoms with Gasteiger partial charge < -0.3 is 24.0 Å². The third-order valence-electron chi connectivity index (χ3n) is 8.12. The summed E-state index contributed by atoms with van der Waals surface area (Å²) in [7, 11) is 6.55. The Morgan fingerprint density at radius 3 is 2.51 bits per heavy atom. The van der Waals surface area contributed by atoms with Gasteiger partial charge in [-0.3, -0.25) is 14.5 Å². The van der Waals surface area contributed by atoms with Gasteiger partial charge in [0.2, 0.25) is 12.7 Å². The van der Waals surface area contributed by atoms with Crippen LogP contribution in [0.25, 0.3) is 0 Å². The molecule has 41 heavy (non-hydrogen) atoms. The number of carbonyl (C=O) groups is 2. The van der Waals surface area contributed by atoms with Crippen molar-refractivity contribution in [2.45, 2.75) is 57.4 Å². The average Bonchev–Trinajstić information content (AvgIpc) is 3.55. The SMILES string of the molecule is CCCCN(CCCC[N+](C)(C)C)C(=O)CN1C[C@H](c2ccc3c(c2)OCO3)C(C(=O)O)[C@@H]1CCc1ncccn1. The third kappa shape index (κ3) is 8.39. The van der Waals surface area contributed by atoms with Crippen LogP contribution in [-0.4, -0.2) is 108 Å². The third-order valence-corrected chi connectivity index (χ3v) is 8.12. The minimum absolute atomic E-state index is 0.0696. The van der Waals surface area contributed by atoms with Crippen molar-refractivity contribution >= 4 is 11.9 Å². The minimum atomic E-state index is -0.857. The highest BCUT2D eigenvalue weighted by Gasteiger charge is 2.47. The smallest absolute Gasteiger partial charge is 0.308 e. The number of benzene rings is 1. The topological polar surface area (TPSA) is 105 Å². The number of aryl methyl sites for hydroxylation is 1. The van der Waals surface area contributed by atoms with E-state index in [4.69, 9.17) is 9.47 Å². The summed E-state index contributed by atoms with van der Waals surface area (Å²) in [6.07, 6.45) is 8.46. The van der Waals surface area contributed by atoms with Crippen molar-refractivity contribution < 1.29 is 28.7 Å². The number of aromatic nitrogens is 2. The van der Waals surface area contributed by atoms with E-state index in [0.717, 1.165) is 55.4 Å². The molecule has 0 radical (unpaired) electrons. The van der Waals surface area contributed by atoms with Gasteiger partial charge in [-0.05, 0) is 49.4 Å². The maximum Gasteiger partial charge on any atom is 0.308 e. The molecule has 0 saturated carbocycles. The van der Waals surface area contributed by atoms with Crippen molar-refractivity contribution in [3.8, 4) is 11.5 Å². The van der Waals surface area contributed by atoms with Crippen molar-refractivity contribution in [3.63, 3.8) is 0 Å².